The number of ether oxygens (including phenoxy) is 1. The van der Waals surface area contributed by atoms with Crippen molar-refractivity contribution in [2.24, 2.45) is 0 Å². The van der Waals surface area contributed by atoms with Crippen LogP contribution >= 0.6 is 57.9 Å². The third-order valence-corrected chi connectivity index (χ3v) is 7.55. The number of thioether (sulfide) groups is 1. The smallest absolute Gasteiger partial charge is 0.267 e. The molecule has 8 nitrogen and oxygen atoms in total. The van der Waals surface area contributed by atoms with Crippen molar-refractivity contribution in [2.45, 2.75) is 10.9 Å². The van der Waals surface area contributed by atoms with Crippen LogP contribution in [-0.4, -0.2) is 33.9 Å². The molecule has 0 atom stereocenters. The van der Waals surface area contributed by atoms with Gasteiger partial charge in [-0.3, -0.25) is 9.59 Å². The lowest BCUT2D eigenvalue weighted by Gasteiger charge is -2.15. The van der Waals surface area contributed by atoms with Gasteiger partial charge in [0.25, 0.3) is 11.8 Å². The molecule has 0 saturated carbocycles. The molecule has 3 N–H and O–H groups in total. The van der Waals surface area contributed by atoms with Crippen LogP contribution in [0.15, 0.2) is 53.4 Å². The van der Waals surface area contributed by atoms with E-state index < -0.39 is 11.8 Å². The van der Waals surface area contributed by atoms with Crippen LogP contribution in [-0.2, 0) is 5.75 Å². The van der Waals surface area contributed by atoms with Crippen molar-refractivity contribution in [3.8, 4) is 5.75 Å². The van der Waals surface area contributed by atoms with Gasteiger partial charge in [0.2, 0.25) is 0 Å². The van der Waals surface area contributed by atoms with Crippen LogP contribution in [0.2, 0.25) is 15.1 Å². The number of thiophene rings is 1. The molecule has 4 aromatic rings. The third-order valence-electron chi connectivity index (χ3n) is 4.58. The number of anilines is 2. The van der Waals surface area contributed by atoms with Crippen LogP contribution in [0.5, 0.6) is 5.75 Å². The molecule has 0 bridgehead atoms. The molecule has 0 unspecified atom stereocenters. The number of benzene rings is 1. The number of aromatic amines is 1. The maximum absolute atomic E-state index is 13.1. The van der Waals surface area contributed by atoms with Crippen molar-refractivity contribution >= 4 is 81.2 Å². The molecule has 0 aliphatic heterocycles. The van der Waals surface area contributed by atoms with Crippen LogP contribution in [0.3, 0.4) is 0 Å². The van der Waals surface area contributed by atoms with Gasteiger partial charge in [-0.05, 0) is 29.1 Å². The first kappa shape index (κ1) is 25.3. The lowest BCUT2D eigenvalue weighted by molar-refractivity contribution is 0.102. The second kappa shape index (κ2) is 11.3. The number of carbonyl (C=O) groups excluding carboxylic acids is 2. The zero-order valence-electron chi connectivity index (χ0n) is 17.9. The Hall–Kier alpha value is -2.76. The van der Waals surface area contributed by atoms with E-state index in [0.717, 1.165) is 10.7 Å². The highest BCUT2D eigenvalue weighted by molar-refractivity contribution is 7.98. The first-order valence-corrected chi connectivity index (χ1v) is 12.9. The van der Waals surface area contributed by atoms with Gasteiger partial charge in [0, 0.05) is 35.4 Å². The largest absolute Gasteiger partial charge is 0.494 e. The van der Waals surface area contributed by atoms with Gasteiger partial charge in [-0.15, -0.1) is 11.3 Å². The van der Waals surface area contributed by atoms with E-state index in [1.807, 2.05) is 5.38 Å². The fourth-order valence-electron chi connectivity index (χ4n) is 2.96. The molecule has 1 aromatic carbocycles. The summed E-state index contributed by atoms with van der Waals surface area (Å²) in [6.45, 7) is 0. The summed E-state index contributed by atoms with van der Waals surface area (Å²) in [6.07, 6.45) is 4.79. The lowest BCUT2D eigenvalue weighted by atomic mass is 10.1. The summed E-state index contributed by atoms with van der Waals surface area (Å²) in [6, 6.07) is 6.06. The molecular weight excluding hydrogens is 553 g/mol. The number of H-pyrrole nitrogens is 1. The molecule has 0 fully saturated rings. The number of amides is 2. The summed E-state index contributed by atoms with van der Waals surface area (Å²) in [7, 11) is 1.41. The Bertz CT molecular complexity index is 1360. The monoisotopic (exact) mass is 567 g/mol. The molecule has 0 aliphatic rings. The number of imidazole rings is 1. The highest BCUT2D eigenvalue weighted by Crippen LogP contribution is 2.36. The Balaban J connectivity index is 1.58. The molecule has 0 saturated heterocycles. The Morgan fingerprint density at radius 2 is 1.94 bits per heavy atom. The van der Waals surface area contributed by atoms with Gasteiger partial charge < -0.3 is 20.4 Å². The van der Waals surface area contributed by atoms with E-state index in [4.69, 9.17) is 39.5 Å². The fraction of sp³-hybridized carbons (Fsp3) is 0.0909. The number of nitrogens with one attached hydrogen (secondary N) is 3. The molecule has 0 aliphatic carbocycles. The van der Waals surface area contributed by atoms with Gasteiger partial charge in [-0.1, -0.05) is 46.6 Å². The highest BCUT2D eigenvalue weighted by atomic mass is 35.5. The van der Waals surface area contributed by atoms with Crippen LogP contribution < -0.4 is 15.4 Å². The first-order chi connectivity index (χ1) is 16.9. The highest BCUT2D eigenvalue weighted by Gasteiger charge is 2.23. The number of pyridine rings is 1. The number of hydrogen-bond donors (Lipinski definition) is 3. The number of carbonyl (C=O) groups is 2. The summed E-state index contributed by atoms with van der Waals surface area (Å²) in [5.74, 6) is -0.0310. The van der Waals surface area contributed by atoms with E-state index in [1.54, 1.807) is 24.5 Å². The SMILES string of the molecule is COc1cc(Cl)cc(C(=O)Nc2ccc(Cl)cn2)c1NC(=O)c1scc(CSc2ncc[nH]2)c1Cl. The average molecular weight is 569 g/mol. The van der Waals surface area contributed by atoms with E-state index in [1.165, 1.54) is 48.5 Å². The summed E-state index contributed by atoms with van der Waals surface area (Å²) in [5, 5.41) is 8.97. The van der Waals surface area contributed by atoms with Crippen molar-refractivity contribution in [3.05, 3.63) is 79.3 Å². The number of hydrogen-bond acceptors (Lipinski definition) is 7. The standard InChI is InChI=1S/C22H16Cl3N5O3S2/c1-33-15-7-13(24)6-14(20(31)29-16-3-2-12(23)8-28-16)18(15)30-21(32)19-17(25)11(9-34-19)10-35-22-26-4-5-27-22/h2-9H,10H2,1H3,(H,26,27)(H,30,32)(H,28,29,31). The number of nitrogens with zero attached hydrogens (tertiary/aromatic N) is 2. The lowest BCUT2D eigenvalue weighted by Crippen LogP contribution is -2.19. The van der Waals surface area contributed by atoms with E-state index >= 15 is 0 Å². The average Bonchev–Trinajstić information content (AvgIpc) is 3.49. The van der Waals surface area contributed by atoms with Gasteiger partial charge in [0.05, 0.1) is 28.4 Å². The molecule has 2 amide bonds. The summed E-state index contributed by atoms with van der Waals surface area (Å²) in [4.78, 5) is 37.7. The number of aromatic nitrogens is 3. The van der Waals surface area contributed by atoms with Crippen molar-refractivity contribution in [1.29, 1.82) is 0 Å². The Labute approximate surface area is 223 Å². The zero-order valence-corrected chi connectivity index (χ0v) is 21.8. The summed E-state index contributed by atoms with van der Waals surface area (Å²) < 4.78 is 5.38. The molecule has 0 radical (unpaired) electrons. The molecule has 3 aromatic heterocycles. The fourth-order valence-corrected chi connectivity index (χ4v) is 5.53. The number of halogens is 3. The molecular formula is C22H16Cl3N5O3S2. The summed E-state index contributed by atoms with van der Waals surface area (Å²) >= 11 is 21.2. The molecule has 13 heteroatoms. The van der Waals surface area contributed by atoms with Gasteiger partial charge >= 0.3 is 0 Å². The number of rotatable bonds is 8. The molecule has 4 rings (SSSR count). The Morgan fingerprint density at radius 3 is 2.63 bits per heavy atom. The molecule has 0 spiro atoms. The van der Waals surface area contributed by atoms with Crippen molar-refractivity contribution in [3.63, 3.8) is 0 Å². The van der Waals surface area contributed by atoms with Gasteiger partial charge in [0.1, 0.15) is 16.4 Å². The van der Waals surface area contributed by atoms with E-state index in [2.05, 4.69) is 25.6 Å². The maximum atomic E-state index is 13.1. The van der Waals surface area contributed by atoms with Gasteiger partial charge in [-0.25, -0.2) is 9.97 Å². The predicted molar refractivity (Wildman–Crippen MR) is 141 cm³/mol. The molecule has 35 heavy (non-hydrogen) atoms. The van der Waals surface area contributed by atoms with Crippen LogP contribution in [0, 0.1) is 0 Å². The van der Waals surface area contributed by atoms with Crippen LogP contribution in [0.4, 0.5) is 11.5 Å². The maximum Gasteiger partial charge on any atom is 0.267 e. The normalized spacial score (nSPS) is 10.7. The third kappa shape index (κ3) is 6.09. The van der Waals surface area contributed by atoms with Crippen LogP contribution in [0.25, 0.3) is 0 Å². The minimum atomic E-state index is -0.552. The summed E-state index contributed by atoms with van der Waals surface area (Å²) in [5.41, 5.74) is 1.02. The van der Waals surface area contributed by atoms with Gasteiger partial charge in [0.15, 0.2) is 5.16 Å². The topological polar surface area (TPSA) is 109 Å². The predicted octanol–water partition coefficient (Wildman–Crippen LogP) is 6.63. The first-order valence-electron chi connectivity index (χ1n) is 9.85. The van der Waals surface area contributed by atoms with Crippen LogP contribution in [0.1, 0.15) is 25.6 Å². The van der Waals surface area contributed by atoms with E-state index in [0.29, 0.717) is 20.7 Å². The van der Waals surface area contributed by atoms with Crippen molar-refractivity contribution < 1.29 is 14.3 Å². The van der Waals surface area contributed by atoms with E-state index in [-0.39, 0.29) is 27.8 Å². The quantitative estimate of drug-likeness (QED) is 0.206. The zero-order chi connectivity index (χ0) is 24.9. The second-order valence-electron chi connectivity index (χ2n) is 6.89. The Kier molecular flexibility index (Phi) is 8.19. The van der Waals surface area contributed by atoms with Crippen molar-refractivity contribution in [2.75, 3.05) is 17.7 Å². The molecule has 180 valence electrons. The number of methoxy groups -OCH3 is 1. The Morgan fingerprint density at radius 1 is 1.11 bits per heavy atom. The minimum Gasteiger partial charge on any atom is -0.494 e. The second-order valence-corrected chi connectivity index (χ2v) is 9.98. The van der Waals surface area contributed by atoms with Gasteiger partial charge in [-0.2, -0.15) is 0 Å². The van der Waals surface area contributed by atoms with Crippen molar-refractivity contribution in [1.82, 2.24) is 15.0 Å². The van der Waals surface area contributed by atoms with E-state index in [9.17, 15) is 9.59 Å². The minimum absolute atomic E-state index is 0.0840. The molecule has 3 heterocycles.